The van der Waals surface area contributed by atoms with E-state index in [0.717, 1.165) is 18.9 Å². The van der Waals surface area contributed by atoms with Gasteiger partial charge in [0.25, 0.3) is 0 Å². The highest BCUT2D eigenvalue weighted by molar-refractivity contribution is 5.82. The zero-order chi connectivity index (χ0) is 24.1. The molecule has 6 atom stereocenters. The van der Waals surface area contributed by atoms with Gasteiger partial charge in [0.1, 0.15) is 23.4 Å². The minimum Gasteiger partial charge on any atom is -0.478 e. The predicted molar refractivity (Wildman–Crippen MR) is 124 cm³/mol. The first kappa shape index (κ1) is 25.1. The fourth-order valence-electron chi connectivity index (χ4n) is 4.79. The molecule has 2 heterocycles. The number of carboxylic acid groups (broad SMARTS) is 1. The molecule has 0 aromatic rings. The molecule has 0 radical (unpaired) electrons. The largest absolute Gasteiger partial charge is 0.478 e. The third-order valence-corrected chi connectivity index (χ3v) is 6.53. The quantitative estimate of drug-likeness (QED) is 0.174. The molecular weight excluding hydrogens is 424 g/mol. The molecule has 2 aliphatic heterocycles. The van der Waals surface area contributed by atoms with Crippen molar-refractivity contribution in [3.05, 3.63) is 60.3 Å². The first-order valence-corrected chi connectivity index (χ1v) is 11.3. The molecule has 3 aliphatic rings. The highest BCUT2D eigenvalue weighted by atomic mass is 16.6. The lowest BCUT2D eigenvalue weighted by Gasteiger charge is -2.42. The monoisotopic (exact) mass is 458 g/mol. The van der Waals surface area contributed by atoms with Crippen molar-refractivity contribution >= 4 is 11.9 Å². The van der Waals surface area contributed by atoms with Gasteiger partial charge in [-0.1, -0.05) is 48.1 Å². The Kier molecular flexibility index (Phi) is 8.10. The molecule has 2 saturated heterocycles. The minimum absolute atomic E-state index is 0.00928. The first-order chi connectivity index (χ1) is 15.7. The van der Waals surface area contributed by atoms with Crippen LogP contribution in [0, 0.1) is 5.92 Å². The molecule has 1 saturated carbocycles. The van der Waals surface area contributed by atoms with Crippen molar-refractivity contribution in [3.8, 4) is 0 Å². The highest BCUT2D eigenvalue weighted by Crippen LogP contribution is 2.59. The Morgan fingerprint density at radius 3 is 2.30 bits per heavy atom. The summed E-state index contributed by atoms with van der Waals surface area (Å²) in [6, 6.07) is 0. The Bertz CT molecular complexity index is 873. The molecule has 7 heteroatoms. The van der Waals surface area contributed by atoms with Gasteiger partial charge in [-0.05, 0) is 40.0 Å². The Hall–Kier alpha value is -2.48. The summed E-state index contributed by atoms with van der Waals surface area (Å²) in [5, 5.41) is 8.51. The van der Waals surface area contributed by atoms with E-state index in [-0.39, 0.29) is 35.4 Å². The molecule has 0 aromatic heterocycles. The second-order valence-electron chi connectivity index (χ2n) is 9.18. The summed E-state index contributed by atoms with van der Waals surface area (Å²) in [6.45, 7) is 6.96. The lowest BCUT2D eigenvalue weighted by Crippen LogP contribution is -2.55. The number of hydrogen-bond donors (Lipinski definition) is 1. The summed E-state index contributed by atoms with van der Waals surface area (Å²) in [7, 11) is 1.65. The lowest BCUT2D eigenvalue weighted by atomic mass is 9.68. The van der Waals surface area contributed by atoms with Gasteiger partial charge >= 0.3 is 11.9 Å². The number of epoxide rings is 2. The first-order valence-electron chi connectivity index (χ1n) is 11.3. The van der Waals surface area contributed by atoms with Crippen molar-refractivity contribution in [2.45, 2.75) is 69.5 Å². The van der Waals surface area contributed by atoms with Crippen molar-refractivity contribution in [2.24, 2.45) is 5.92 Å². The molecule has 3 fully saturated rings. The number of ether oxygens (including phenoxy) is 4. The third kappa shape index (κ3) is 6.31. The SMILES string of the molecule is CO[C@H]1[C@H](OC(=O)/C=C/C=C/C=C/C=C/C(=O)O)CC[C@]2(CO2)[C@H]1[C@@]1(C)O[C@@H]1CC=C(C)C. The Morgan fingerprint density at radius 2 is 1.73 bits per heavy atom. The summed E-state index contributed by atoms with van der Waals surface area (Å²) in [6.07, 6.45) is 16.0. The molecule has 33 heavy (non-hydrogen) atoms. The molecule has 0 amide bonds. The van der Waals surface area contributed by atoms with Crippen LogP contribution < -0.4 is 0 Å². The number of rotatable bonds is 10. The molecule has 180 valence electrons. The molecule has 3 rings (SSSR count). The fourth-order valence-corrected chi connectivity index (χ4v) is 4.79. The summed E-state index contributed by atoms with van der Waals surface area (Å²) in [4.78, 5) is 22.8. The maximum atomic E-state index is 12.4. The van der Waals surface area contributed by atoms with E-state index in [4.69, 9.17) is 24.1 Å². The van der Waals surface area contributed by atoms with Gasteiger partial charge < -0.3 is 24.1 Å². The number of carbonyl (C=O) groups is 2. The smallest absolute Gasteiger partial charge is 0.331 e. The van der Waals surface area contributed by atoms with Crippen molar-refractivity contribution in [1.29, 1.82) is 0 Å². The van der Waals surface area contributed by atoms with Crippen LogP contribution in [0.2, 0.25) is 0 Å². The standard InChI is InChI=1S/C26H34O7/c1-18(2)13-14-20-25(3,33-20)24-23(30-4)19(15-16-26(24)17-31-26)32-22(29)12-10-8-6-5-7-9-11-21(27)28/h5-13,19-20,23-24H,14-17H2,1-4H3,(H,27,28)/b7-5+,8-6+,11-9+,12-10+/t19-,20-,23+,24-,25+,26+/m1/s1. The third-order valence-electron chi connectivity index (χ3n) is 6.53. The van der Waals surface area contributed by atoms with E-state index in [9.17, 15) is 9.59 Å². The number of allylic oxidation sites excluding steroid dienone is 7. The second kappa shape index (κ2) is 10.6. The molecule has 0 aromatic carbocycles. The van der Waals surface area contributed by atoms with Crippen LogP contribution in [-0.2, 0) is 28.5 Å². The fraction of sp³-hybridized carbons (Fsp3) is 0.538. The van der Waals surface area contributed by atoms with E-state index in [1.807, 2.05) is 0 Å². The van der Waals surface area contributed by atoms with E-state index >= 15 is 0 Å². The van der Waals surface area contributed by atoms with E-state index in [0.29, 0.717) is 13.0 Å². The van der Waals surface area contributed by atoms with Gasteiger partial charge in [-0.15, -0.1) is 0 Å². The molecule has 0 unspecified atom stereocenters. The van der Waals surface area contributed by atoms with Crippen molar-refractivity contribution in [2.75, 3.05) is 13.7 Å². The average molecular weight is 459 g/mol. The van der Waals surface area contributed by atoms with Crippen LogP contribution in [0.1, 0.15) is 40.0 Å². The number of hydrogen-bond acceptors (Lipinski definition) is 6. The van der Waals surface area contributed by atoms with Crippen LogP contribution >= 0.6 is 0 Å². The van der Waals surface area contributed by atoms with E-state index in [2.05, 4.69) is 26.8 Å². The van der Waals surface area contributed by atoms with Gasteiger partial charge in [0.15, 0.2) is 0 Å². The molecule has 1 N–H and O–H groups in total. The lowest BCUT2D eigenvalue weighted by molar-refractivity contribution is -0.166. The maximum absolute atomic E-state index is 12.4. The van der Waals surface area contributed by atoms with Crippen LogP contribution in [0.4, 0.5) is 0 Å². The normalized spacial score (nSPS) is 35.6. The van der Waals surface area contributed by atoms with Gasteiger partial charge in [0.05, 0.1) is 18.6 Å². The van der Waals surface area contributed by atoms with Gasteiger partial charge in [-0.25, -0.2) is 9.59 Å². The van der Waals surface area contributed by atoms with Crippen LogP contribution in [-0.4, -0.2) is 60.3 Å². The average Bonchev–Trinajstić information content (AvgIpc) is 3.67. The Labute approximate surface area is 195 Å². The van der Waals surface area contributed by atoms with Gasteiger partial charge in [0, 0.05) is 19.3 Å². The van der Waals surface area contributed by atoms with Crippen molar-refractivity contribution in [1.82, 2.24) is 0 Å². The van der Waals surface area contributed by atoms with Gasteiger partial charge in [-0.2, -0.15) is 0 Å². The van der Waals surface area contributed by atoms with Crippen LogP contribution in [0.25, 0.3) is 0 Å². The number of aliphatic carboxylic acids is 1. The number of esters is 1. The predicted octanol–water partition coefficient (Wildman–Crippen LogP) is 3.92. The summed E-state index contributed by atoms with van der Waals surface area (Å²) >= 11 is 0. The summed E-state index contributed by atoms with van der Waals surface area (Å²) in [5.74, 6) is -1.45. The van der Waals surface area contributed by atoms with Crippen LogP contribution in [0.5, 0.6) is 0 Å². The molecule has 1 aliphatic carbocycles. The highest BCUT2D eigenvalue weighted by Gasteiger charge is 2.72. The van der Waals surface area contributed by atoms with Gasteiger partial charge in [0.2, 0.25) is 0 Å². The van der Waals surface area contributed by atoms with Crippen molar-refractivity contribution < 1.29 is 33.6 Å². The van der Waals surface area contributed by atoms with Gasteiger partial charge in [-0.3, -0.25) is 0 Å². The molecule has 0 bridgehead atoms. The second-order valence-corrected chi connectivity index (χ2v) is 9.18. The van der Waals surface area contributed by atoms with Crippen molar-refractivity contribution in [3.63, 3.8) is 0 Å². The topological polar surface area (TPSA) is 97.9 Å². The Balaban J connectivity index is 1.59. The van der Waals surface area contributed by atoms with E-state index in [1.54, 1.807) is 37.5 Å². The zero-order valence-electron chi connectivity index (χ0n) is 19.7. The summed E-state index contributed by atoms with van der Waals surface area (Å²) < 4.78 is 23.8. The molecular formula is C26H34O7. The molecule has 1 spiro atoms. The number of carboxylic acids is 1. The summed E-state index contributed by atoms with van der Waals surface area (Å²) in [5.41, 5.74) is 0.642. The van der Waals surface area contributed by atoms with Crippen LogP contribution in [0.15, 0.2) is 60.3 Å². The molecule has 7 nitrogen and oxygen atoms in total. The maximum Gasteiger partial charge on any atom is 0.331 e. The van der Waals surface area contributed by atoms with E-state index < -0.39 is 11.9 Å². The number of methoxy groups -OCH3 is 1. The minimum atomic E-state index is -1.00. The van der Waals surface area contributed by atoms with E-state index in [1.165, 1.54) is 17.7 Å². The van der Waals surface area contributed by atoms with Crippen LogP contribution in [0.3, 0.4) is 0 Å². The number of carbonyl (C=O) groups excluding carboxylic acids is 1. The zero-order valence-corrected chi connectivity index (χ0v) is 19.7. The Morgan fingerprint density at radius 1 is 1.09 bits per heavy atom.